The maximum atomic E-state index is 11.6. The Balaban J connectivity index is 2.05. The molecule has 1 amide bonds. The van der Waals surface area contributed by atoms with Gasteiger partial charge in [0, 0.05) is 16.1 Å². The van der Waals surface area contributed by atoms with Crippen molar-refractivity contribution in [3.63, 3.8) is 0 Å². The van der Waals surface area contributed by atoms with Crippen molar-refractivity contribution in [3.8, 4) is 0 Å². The molecule has 1 aromatic rings. The second-order valence-corrected chi connectivity index (χ2v) is 4.50. The van der Waals surface area contributed by atoms with Crippen LogP contribution in [0.5, 0.6) is 0 Å². The molecule has 0 bridgehead atoms. The minimum absolute atomic E-state index is 0.219. The molecule has 0 radical (unpaired) electrons. The van der Waals surface area contributed by atoms with Gasteiger partial charge in [0.1, 0.15) is 0 Å². The predicted octanol–water partition coefficient (Wildman–Crippen LogP) is 1.91. The summed E-state index contributed by atoms with van der Waals surface area (Å²) in [6.45, 7) is 0. The number of carbonyl (C=O) groups excluding carboxylic acids is 2. The first kappa shape index (κ1) is 10.4. The van der Waals surface area contributed by atoms with E-state index in [9.17, 15) is 9.59 Å². The number of halogens is 1. The van der Waals surface area contributed by atoms with Crippen LogP contribution in [0.25, 0.3) is 0 Å². The van der Waals surface area contributed by atoms with E-state index < -0.39 is 11.7 Å². The summed E-state index contributed by atoms with van der Waals surface area (Å²) in [6, 6.07) is 6.99. The average molecular weight is 268 g/mol. The van der Waals surface area contributed by atoms with Crippen LogP contribution in [-0.2, 0) is 4.79 Å². The van der Waals surface area contributed by atoms with Crippen LogP contribution in [0.3, 0.4) is 0 Å². The lowest BCUT2D eigenvalue weighted by Gasteiger charge is -2.02. The van der Waals surface area contributed by atoms with Gasteiger partial charge < -0.3 is 5.32 Å². The van der Waals surface area contributed by atoms with Gasteiger partial charge in [-0.3, -0.25) is 9.59 Å². The second kappa shape index (κ2) is 4.14. The number of Topliss-reactive ketones (excluding diaryl/α,β-unsaturated/α-hetero) is 1. The molecule has 0 saturated heterocycles. The van der Waals surface area contributed by atoms with Crippen molar-refractivity contribution in [2.45, 2.75) is 18.9 Å². The first-order valence-corrected chi connectivity index (χ1v) is 5.57. The largest absolute Gasteiger partial charge is 0.346 e. The van der Waals surface area contributed by atoms with E-state index in [0.29, 0.717) is 5.56 Å². The third-order valence-corrected chi connectivity index (χ3v) is 2.75. The summed E-state index contributed by atoms with van der Waals surface area (Å²) in [7, 11) is 0. The van der Waals surface area contributed by atoms with Gasteiger partial charge in [0.2, 0.25) is 5.78 Å². The molecule has 0 aliphatic heterocycles. The van der Waals surface area contributed by atoms with Gasteiger partial charge in [0.15, 0.2) is 0 Å². The van der Waals surface area contributed by atoms with Crippen molar-refractivity contribution < 1.29 is 9.59 Å². The molecule has 0 atom stereocenters. The van der Waals surface area contributed by atoms with Crippen molar-refractivity contribution in [1.82, 2.24) is 5.32 Å². The van der Waals surface area contributed by atoms with E-state index in [2.05, 4.69) is 21.2 Å². The molecule has 1 aliphatic rings. The smallest absolute Gasteiger partial charge is 0.292 e. The molecule has 1 aromatic carbocycles. The van der Waals surface area contributed by atoms with E-state index in [1.54, 1.807) is 24.3 Å². The fourth-order valence-electron chi connectivity index (χ4n) is 1.21. The number of carbonyl (C=O) groups is 2. The minimum atomic E-state index is -0.500. The number of hydrogen-bond acceptors (Lipinski definition) is 2. The Morgan fingerprint density at radius 3 is 2.33 bits per heavy atom. The average Bonchev–Trinajstić information content (AvgIpc) is 3.02. The van der Waals surface area contributed by atoms with E-state index in [-0.39, 0.29) is 6.04 Å². The standard InChI is InChI=1S/C11H10BrNO2/c12-8-3-1-7(2-4-8)10(14)11(15)13-9-5-6-9/h1-4,9H,5-6H2,(H,13,15). The highest BCUT2D eigenvalue weighted by Gasteiger charge is 2.26. The van der Waals surface area contributed by atoms with Crippen LogP contribution in [0.2, 0.25) is 0 Å². The van der Waals surface area contributed by atoms with Crippen LogP contribution < -0.4 is 5.32 Å². The lowest BCUT2D eigenvalue weighted by atomic mass is 10.1. The molecule has 0 spiro atoms. The Morgan fingerprint density at radius 2 is 1.80 bits per heavy atom. The molecular formula is C11H10BrNO2. The van der Waals surface area contributed by atoms with Crippen LogP contribution >= 0.6 is 15.9 Å². The van der Waals surface area contributed by atoms with E-state index in [0.717, 1.165) is 17.3 Å². The van der Waals surface area contributed by atoms with Gasteiger partial charge in [-0.2, -0.15) is 0 Å². The lowest BCUT2D eigenvalue weighted by Crippen LogP contribution is -2.32. The number of amides is 1. The Morgan fingerprint density at radius 1 is 1.20 bits per heavy atom. The number of hydrogen-bond donors (Lipinski definition) is 1. The van der Waals surface area contributed by atoms with Crippen LogP contribution in [0.4, 0.5) is 0 Å². The first-order valence-electron chi connectivity index (χ1n) is 4.77. The molecule has 1 fully saturated rings. The van der Waals surface area contributed by atoms with Crippen LogP contribution in [0.1, 0.15) is 23.2 Å². The quantitative estimate of drug-likeness (QED) is 0.672. The Hall–Kier alpha value is -1.16. The summed E-state index contributed by atoms with van der Waals surface area (Å²) >= 11 is 3.27. The molecule has 1 saturated carbocycles. The van der Waals surface area contributed by atoms with E-state index in [1.807, 2.05) is 0 Å². The Bertz CT molecular complexity index is 396. The van der Waals surface area contributed by atoms with Gasteiger partial charge in [-0.25, -0.2) is 0 Å². The normalized spacial score (nSPS) is 14.7. The summed E-state index contributed by atoms with van der Waals surface area (Å²) < 4.78 is 0.890. The topological polar surface area (TPSA) is 46.2 Å². The fourth-order valence-corrected chi connectivity index (χ4v) is 1.48. The summed E-state index contributed by atoms with van der Waals surface area (Å²) in [5, 5.41) is 2.67. The summed E-state index contributed by atoms with van der Waals surface area (Å²) in [6.07, 6.45) is 1.97. The first-order chi connectivity index (χ1) is 7.16. The predicted molar refractivity (Wildman–Crippen MR) is 59.6 cm³/mol. The lowest BCUT2D eigenvalue weighted by molar-refractivity contribution is -0.117. The third-order valence-electron chi connectivity index (χ3n) is 2.23. The van der Waals surface area contributed by atoms with E-state index >= 15 is 0 Å². The number of benzene rings is 1. The zero-order chi connectivity index (χ0) is 10.8. The van der Waals surface area contributed by atoms with E-state index in [4.69, 9.17) is 0 Å². The zero-order valence-electron chi connectivity index (χ0n) is 8.00. The monoisotopic (exact) mass is 267 g/mol. The van der Waals surface area contributed by atoms with Crippen molar-refractivity contribution in [2.24, 2.45) is 0 Å². The molecular weight excluding hydrogens is 258 g/mol. The second-order valence-electron chi connectivity index (χ2n) is 3.58. The van der Waals surface area contributed by atoms with Crippen LogP contribution in [-0.4, -0.2) is 17.7 Å². The molecule has 3 nitrogen and oxygen atoms in total. The SMILES string of the molecule is O=C(NC1CC1)C(=O)c1ccc(Br)cc1. The van der Waals surface area contributed by atoms with Crippen LogP contribution in [0.15, 0.2) is 28.7 Å². The van der Waals surface area contributed by atoms with Gasteiger partial charge in [0.25, 0.3) is 5.91 Å². The Labute approximate surface area is 96.0 Å². The van der Waals surface area contributed by atoms with Gasteiger partial charge in [-0.05, 0) is 37.1 Å². The Kier molecular flexibility index (Phi) is 2.86. The third kappa shape index (κ3) is 2.65. The molecule has 1 N–H and O–H groups in total. The van der Waals surface area contributed by atoms with Gasteiger partial charge in [-0.15, -0.1) is 0 Å². The van der Waals surface area contributed by atoms with Crippen molar-refractivity contribution in [2.75, 3.05) is 0 Å². The maximum absolute atomic E-state index is 11.6. The van der Waals surface area contributed by atoms with Crippen molar-refractivity contribution >= 4 is 27.6 Å². The van der Waals surface area contributed by atoms with Crippen molar-refractivity contribution in [3.05, 3.63) is 34.3 Å². The van der Waals surface area contributed by atoms with Gasteiger partial charge in [0.05, 0.1) is 0 Å². The highest BCUT2D eigenvalue weighted by molar-refractivity contribution is 9.10. The molecule has 2 rings (SSSR count). The summed E-state index contributed by atoms with van der Waals surface area (Å²) in [4.78, 5) is 23.0. The molecule has 0 heterocycles. The number of nitrogens with one attached hydrogen (secondary N) is 1. The number of ketones is 1. The molecule has 78 valence electrons. The number of rotatable bonds is 3. The highest BCUT2D eigenvalue weighted by atomic mass is 79.9. The van der Waals surface area contributed by atoms with Gasteiger partial charge in [-0.1, -0.05) is 15.9 Å². The zero-order valence-corrected chi connectivity index (χ0v) is 9.58. The molecule has 1 aliphatic carbocycles. The highest BCUT2D eigenvalue weighted by Crippen LogP contribution is 2.19. The summed E-state index contributed by atoms with van der Waals surface area (Å²) in [5.41, 5.74) is 0.427. The van der Waals surface area contributed by atoms with E-state index in [1.165, 1.54) is 0 Å². The molecule has 0 unspecified atom stereocenters. The van der Waals surface area contributed by atoms with Gasteiger partial charge >= 0.3 is 0 Å². The van der Waals surface area contributed by atoms with Crippen LogP contribution in [0, 0.1) is 0 Å². The van der Waals surface area contributed by atoms with Crippen molar-refractivity contribution in [1.29, 1.82) is 0 Å². The minimum Gasteiger partial charge on any atom is -0.346 e. The fraction of sp³-hybridized carbons (Fsp3) is 0.273. The molecule has 0 aromatic heterocycles. The maximum Gasteiger partial charge on any atom is 0.292 e. The molecule has 15 heavy (non-hydrogen) atoms. The molecule has 4 heteroatoms. The summed E-state index contributed by atoms with van der Waals surface area (Å²) in [5.74, 6) is -0.964.